The van der Waals surface area contributed by atoms with Crippen molar-refractivity contribution >= 4 is 23.4 Å². The zero-order valence-corrected chi connectivity index (χ0v) is 15.4. The van der Waals surface area contributed by atoms with Gasteiger partial charge in [0.15, 0.2) is 0 Å². The molecule has 0 aliphatic carbocycles. The number of benzene rings is 1. The van der Waals surface area contributed by atoms with Gasteiger partial charge in [0.1, 0.15) is 0 Å². The topological polar surface area (TPSA) is 78.5 Å². The molecule has 138 valence electrons. The summed E-state index contributed by atoms with van der Waals surface area (Å²) < 4.78 is 0. The van der Waals surface area contributed by atoms with Gasteiger partial charge in [0, 0.05) is 18.2 Å². The van der Waals surface area contributed by atoms with Gasteiger partial charge < -0.3 is 15.5 Å². The lowest BCUT2D eigenvalue weighted by atomic mass is 10.0. The lowest BCUT2D eigenvalue weighted by molar-refractivity contribution is -0.139. The maximum atomic E-state index is 12.5. The van der Waals surface area contributed by atoms with E-state index >= 15 is 0 Å². The van der Waals surface area contributed by atoms with Crippen LogP contribution in [-0.4, -0.2) is 42.3 Å². The second-order valence-corrected chi connectivity index (χ2v) is 5.96. The summed E-state index contributed by atoms with van der Waals surface area (Å²) in [4.78, 5) is 38.0. The summed E-state index contributed by atoms with van der Waals surface area (Å²) in [6, 6.07) is 9.05. The van der Waals surface area contributed by atoms with Crippen LogP contribution in [0.25, 0.3) is 0 Å². The molecular formula is C19H29N3O3. The lowest BCUT2D eigenvalue weighted by Crippen LogP contribution is -2.45. The highest BCUT2D eigenvalue weighted by Crippen LogP contribution is 2.12. The molecule has 1 aromatic carbocycles. The van der Waals surface area contributed by atoms with E-state index < -0.39 is 0 Å². The van der Waals surface area contributed by atoms with Crippen LogP contribution in [-0.2, 0) is 14.4 Å². The first-order chi connectivity index (χ1) is 12.0. The number of hydrogen-bond donors (Lipinski definition) is 2. The van der Waals surface area contributed by atoms with E-state index in [0.29, 0.717) is 12.2 Å². The minimum atomic E-state index is -0.323. The van der Waals surface area contributed by atoms with Crippen LogP contribution in [0.1, 0.15) is 40.0 Å². The Morgan fingerprint density at radius 3 is 2.20 bits per heavy atom. The lowest BCUT2D eigenvalue weighted by Gasteiger charge is -2.25. The zero-order chi connectivity index (χ0) is 18.7. The Morgan fingerprint density at radius 1 is 1.00 bits per heavy atom. The second-order valence-electron chi connectivity index (χ2n) is 5.96. The van der Waals surface area contributed by atoms with Crippen LogP contribution in [0.2, 0.25) is 0 Å². The molecule has 0 spiro atoms. The molecule has 0 aliphatic rings. The van der Waals surface area contributed by atoms with Crippen LogP contribution in [0.15, 0.2) is 30.3 Å². The molecule has 25 heavy (non-hydrogen) atoms. The molecular weight excluding hydrogens is 318 g/mol. The molecule has 0 bridgehead atoms. The fourth-order valence-electron chi connectivity index (χ4n) is 2.57. The van der Waals surface area contributed by atoms with Gasteiger partial charge in [0.25, 0.3) is 0 Å². The van der Waals surface area contributed by atoms with E-state index in [1.807, 2.05) is 39.0 Å². The molecule has 0 radical (unpaired) electrons. The number of carbonyl (C=O) groups is 3. The fraction of sp³-hybridized carbons (Fsp3) is 0.526. The molecule has 1 aromatic rings. The van der Waals surface area contributed by atoms with E-state index in [-0.39, 0.29) is 36.7 Å². The molecule has 2 N–H and O–H groups in total. The number of nitrogens with zero attached hydrogens (tertiary/aromatic N) is 1. The molecule has 6 nitrogen and oxygen atoms in total. The van der Waals surface area contributed by atoms with Gasteiger partial charge in [-0.05, 0) is 31.4 Å². The Bertz CT molecular complexity index is 556. The van der Waals surface area contributed by atoms with Gasteiger partial charge in [0.2, 0.25) is 17.7 Å². The fourth-order valence-corrected chi connectivity index (χ4v) is 2.57. The SMILES string of the molecule is CCCN(CC(=O)NCC(=O)Nc1ccccc1)C(=O)C(CC)CC. The van der Waals surface area contributed by atoms with Crippen molar-refractivity contribution < 1.29 is 14.4 Å². The van der Waals surface area contributed by atoms with Crippen LogP contribution < -0.4 is 10.6 Å². The standard InChI is InChI=1S/C19H29N3O3/c1-4-12-22(19(25)15(5-2)6-3)14-18(24)20-13-17(23)21-16-10-8-7-9-11-16/h7-11,15H,4-6,12-14H2,1-3H3,(H,20,24)(H,21,23). The van der Waals surface area contributed by atoms with Crippen LogP contribution >= 0.6 is 0 Å². The summed E-state index contributed by atoms with van der Waals surface area (Å²) in [7, 11) is 0. The summed E-state index contributed by atoms with van der Waals surface area (Å²) in [5.41, 5.74) is 0.679. The minimum absolute atomic E-state index is 0.00994. The second kappa shape index (κ2) is 11.2. The van der Waals surface area contributed by atoms with Crippen molar-refractivity contribution in [3.63, 3.8) is 0 Å². The Kier molecular flexibility index (Phi) is 9.29. The van der Waals surface area contributed by atoms with Gasteiger partial charge in [-0.25, -0.2) is 0 Å². The van der Waals surface area contributed by atoms with Gasteiger partial charge in [-0.3, -0.25) is 14.4 Å². The quantitative estimate of drug-likeness (QED) is 0.682. The average molecular weight is 347 g/mol. The van der Waals surface area contributed by atoms with Crippen LogP contribution in [0.3, 0.4) is 0 Å². The first kappa shape index (κ1) is 20.7. The van der Waals surface area contributed by atoms with E-state index in [1.165, 1.54) is 0 Å². The molecule has 0 fully saturated rings. The van der Waals surface area contributed by atoms with Crippen molar-refractivity contribution in [1.82, 2.24) is 10.2 Å². The summed E-state index contributed by atoms with van der Waals surface area (Å²) in [5.74, 6) is -0.666. The van der Waals surface area contributed by atoms with Crippen LogP contribution in [0, 0.1) is 5.92 Å². The van der Waals surface area contributed by atoms with Crippen molar-refractivity contribution in [2.75, 3.05) is 25.0 Å². The predicted octanol–water partition coefficient (Wildman–Crippen LogP) is 2.42. The van der Waals surface area contributed by atoms with Crippen LogP contribution in [0.5, 0.6) is 0 Å². The van der Waals surface area contributed by atoms with Crippen molar-refractivity contribution in [2.24, 2.45) is 5.92 Å². The Hall–Kier alpha value is -2.37. The summed E-state index contributed by atoms with van der Waals surface area (Å²) in [6.07, 6.45) is 2.31. The number of amides is 3. The zero-order valence-electron chi connectivity index (χ0n) is 15.4. The average Bonchev–Trinajstić information content (AvgIpc) is 2.61. The maximum Gasteiger partial charge on any atom is 0.243 e. The smallest absolute Gasteiger partial charge is 0.243 e. The number of nitrogens with one attached hydrogen (secondary N) is 2. The molecule has 0 atom stereocenters. The van der Waals surface area contributed by atoms with Crippen molar-refractivity contribution in [3.8, 4) is 0 Å². The van der Waals surface area contributed by atoms with Crippen molar-refractivity contribution in [1.29, 1.82) is 0 Å². The van der Waals surface area contributed by atoms with E-state index in [0.717, 1.165) is 19.3 Å². The largest absolute Gasteiger partial charge is 0.345 e. The normalized spacial score (nSPS) is 10.4. The Morgan fingerprint density at radius 2 is 1.64 bits per heavy atom. The molecule has 3 amide bonds. The third-order valence-corrected chi connectivity index (χ3v) is 3.98. The van der Waals surface area contributed by atoms with Crippen molar-refractivity contribution in [2.45, 2.75) is 40.0 Å². The van der Waals surface area contributed by atoms with Gasteiger partial charge >= 0.3 is 0 Å². The molecule has 0 saturated carbocycles. The van der Waals surface area contributed by atoms with Gasteiger partial charge in [-0.2, -0.15) is 0 Å². The third kappa shape index (κ3) is 7.37. The van der Waals surface area contributed by atoms with Gasteiger partial charge in [0.05, 0.1) is 13.1 Å². The van der Waals surface area contributed by atoms with Gasteiger partial charge in [-0.15, -0.1) is 0 Å². The first-order valence-corrected chi connectivity index (χ1v) is 8.92. The molecule has 1 rings (SSSR count). The molecule has 0 saturated heterocycles. The summed E-state index contributed by atoms with van der Waals surface area (Å²) >= 11 is 0. The molecule has 0 aromatic heterocycles. The monoisotopic (exact) mass is 347 g/mol. The number of hydrogen-bond acceptors (Lipinski definition) is 3. The van der Waals surface area contributed by atoms with E-state index in [4.69, 9.17) is 0 Å². The van der Waals surface area contributed by atoms with Gasteiger partial charge in [-0.1, -0.05) is 39.0 Å². The molecule has 6 heteroatoms. The molecule has 0 heterocycles. The number of carbonyl (C=O) groups excluding carboxylic acids is 3. The maximum absolute atomic E-state index is 12.5. The Balaban J connectivity index is 2.49. The van der Waals surface area contributed by atoms with E-state index in [2.05, 4.69) is 10.6 Å². The first-order valence-electron chi connectivity index (χ1n) is 8.92. The van der Waals surface area contributed by atoms with Crippen molar-refractivity contribution in [3.05, 3.63) is 30.3 Å². The third-order valence-electron chi connectivity index (χ3n) is 3.98. The highest BCUT2D eigenvalue weighted by atomic mass is 16.2. The minimum Gasteiger partial charge on any atom is -0.345 e. The van der Waals surface area contributed by atoms with Crippen LogP contribution in [0.4, 0.5) is 5.69 Å². The molecule has 0 aliphatic heterocycles. The van der Waals surface area contributed by atoms with E-state index in [1.54, 1.807) is 17.0 Å². The highest BCUT2D eigenvalue weighted by Gasteiger charge is 2.22. The van der Waals surface area contributed by atoms with E-state index in [9.17, 15) is 14.4 Å². The highest BCUT2D eigenvalue weighted by molar-refractivity contribution is 5.95. The summed E-state index contributed by atoms with van der Waals surface area (Å²) in [5, 5.41) is 5.28. The number of anilines is 1. The molecule has 0 unspecified atom stereocenters. The number of para-hydroxylation sites is 1. The number of rotatable bonds is 10. The Labute approximate surface area is 150 Å². The predicted molar refractivity (Wildman–Crippen MR) is 99.0 cm³/mol. The summed E-state index contributed by atoms with van der Waals surface area (Å²) in [6.45, 7) is 6.33.